The summed E-state index contributed by atoms with van der Waals surface area (Å²) < 4.78 is 0. The first-order valence-corrected chi connectivity index (χ1v) is 7.67. The number of hydrogen-bond acceptors (Lipinski definition) is 4. The molecule has 0 aliphatic heterocycles. The second-order valence-electron chi connectivity index (χ2n) is 4.81. The highest BCUT2D eigenvalue weighted by molar-refractivity contribution is 7.99. The average molecular weight is 278 g/mol. The minimum absolute atomic E-state index is 1.01. The van der Waals surface area contributed by atoms with E-state index in [1.54, 1.807) is 11.8 Å². The van der Waals surface area contributed by atoms with Crippen LogP contribution in [0.15, 0.2) is 29.4 Å². The Balaban J connectivity index is 1.63. The Morgan fingerprint density at radius 1 is 1.26 bits per heavy atom. The number of H-pyrrole nitrogens is 1. The number of rotatable bonds is 8. The molecule has 2 aromatic rings. The van der Waals surface area contributed by atoms with E-state index >= 15 is 0 Å². The van der Waals surface area contributed by atoms with E-state index in [-0.39, 0.29) is 0 Å². The molecular weight excluding hydrogens is 256 g/mol. The zero-order chi connectivity index (χ0) is 13.5. The number of imidazole rings is 1. The Morgan fingerprint density at radius 3 is 2.89 bits per heavy atom. The fraction of sp³-hybridized carbons (Fsp3) is 0.500. The van der Waals surface area contributed by atoms with Gasteiger partial charge in [0.05, 0.1) is 11.0 Å². The molecule has 104 valence electrons. The third-order valence-electron chi connectivity index (χ3n) is 2.84. The molecule has 1 heterocycles. The number of nitrogens with zero attached hydrogens (tertiary/aromatic N) is 2. The SMILES string of the molecule is CN(C)CCCNCCSc1nc2ccccc2[nH]1. The Labute approximate surface area is 119 Å². The number of benzene rings is 1. The Morgan fingerprint density at radius 2 is 2.11 bits per heavy atom. The van der Waals surface area contributed by atoms with Crippen LogP contribution in [0.25, 0.3) is 11.0 Å². The molecule has 19 heavy (non-hydrogen) atoms. The molecule has 0 radical (unpaired) electrons. The first-order valence-electron chi connectivity index (χ1n) is 6.69. The third-order valence-corrected chi connectivity index (χ3v) is 3.72. The second kappa shape index (κ2) is 7.53. The molecule has 0 aliphatic carbocycles. The maximum absolute atomic E-state index is 4.54. The number of aromatic nitrogens is 2. The van der Waals surface area contributed by atoms with Crippen molar-refractivity contribution >= 4 is 22.8 Å². The van der Waals surface area contributed by atoms with Crippen LogP contribution in [0.1, 0.15) is 6.42 Å². The van der Waals surface area contributed by atoms with E-state index in [4.69, 9.17) is 0 Å². The summed E-state index contributed by atoms with van der Waals surface area (Å²) in [6.07, 6.45) is 1.20. The van der Waals surface area contributed by atoms with Crippen molar-refractivity contribution in [1.29, 1.82) is 0 Å². The zero-order valence-corrected chi connectivity index (χ0v) is 12.5. The van der Waals surface area contributed by atoms with Crippen LogP contribution in [0.5, 0.6) is 0 Å². The number of fused-ring (bicyclic) bond motifs is 1. The van der Waals surface area contributed by atoms with Gasteiger partial charge in [-0.25, -0.2) is 4.98 Å². The summed E-state index contributed by atoms with van der Waals surface area (Å²) >= 11 is 1.77. The van der Waals surface area contributed by atoms with Crippen molar-refractivity contribution in [3.63, 3.8) is 0 Å². The van der Waals surface area contributed by atoms with Crippen LogP contribution in [0.3, 0.4) is 0 Å². The second-order valence-corrected chi connectivity index (χ2v) is 5.90. The van der Waals surface area contributed by atoms with Gasteiger partial charge in [0.25, 0.3) is 0 Å². The summed E-state index contributed by atoms with van der Waals surface area (Å²) in [5, 5.41) is 4.47. The van der Waals surface area contributed by atoms with Crippen molar-refractivity contribution in [1.82, 2.24) is 20.2 Å². The van der Waals surface area contributed by atoms with Gasteiger partial charge in [-0.3, -0.25) is 0 Å². The van der Waals surface area contributed by atoms with E-state index in [0.29, 0.717) is 0 Å². The monoisotopic (exact) mass is 278 g/mol. The van der Waals surface area contributed by atoms with Crippen LogP contribution in [-0.2, 0) is 0 Å². The lowest BCUT2D eigenvalue weighted by atomic mass is 10.3. The molecule has 0 saturated heterocycles. The van der Waals surface area contributed by atoms with Gasteiger partial charge in [-0.15, -0.1) is 0 Å². The van der Waals surface area contributed by atoms with Crippen LogP contribution in [0.2, 0.25) is 0 Å². The van der Waals surface area contributed by atoms with Crippen molar-refractivity contribution < 1.29 is 0 Å². The van der Waals surface area contributed by atoms with Crippen LogP contribution >= 0.6 is 11.8 Å². The van der Waals surface area contributed by atoms with E-state index in [2.05, 4.69) is 40.3 Å². The fourth-order valence-corrected chi connectivity index (χ4v) is 2.65. The molecule has 0 saturated carbocycles. The molecular formula is C14H22N4S. The number of thioether (sulfide) groups is 1. The molecule has 5 heteroatoms. The first kappa shape index (κ1) is 14.4. The van der Waals surface area contributed by atoms with Gasteiger partial charge in [-0.2, -0.15) is 0 Å². The van der Waals surface area contributed by atoms with Gasteiger partial charge in [-0.05, 0) is 45.7 Å². The lowest BCUT2D eigenvalue weighted by Gasteiger charge is -2.09. The predicted molar refractivity (Wildman–Crippen MR) is 82.9 cm³/mol. The van der Waals surface area contributed by atoms with Crippen molar-refractivity contribution in [3.8, 4) is 0 Å². The lowest BCUT2D eigenvalue weighted by molar-refractivity contribution is 0.396. The molecule has 0 aliphatic rings. The standard InChI is InChI=1S/C14H22N4S/c1-18(2)10-5-8-15-9-11-19-14-16-12-6-3-4-7-13(12)17-14/h3-4,6-7,15H,5,8-11H2,1-2H3,(H,16,17). The van der Waals surface area contributed by atoms with Gasteiger partial charge in [0.15, 0.2) is 5.16 Å². The average Bonchev–Trinajstić information content (AvgIpc) is 2.79. The molecule has 0 amide bonds. The maximum Gasteiger partial charge on any atom is 0.166 e. The quantitative estimate of drug-likeness (QED) is 0.574. The van der Waals surface area contributed by atoms with E-state index in [0.717, 1.165) is 41.6 Å². The normalized spacial score (nSPS) is 11.5. The molecule has 1 aromatic heterocycles. The van der Waals surface area contributed by atoms with Gasteiger partial charge in [0, 0.05) is 12.3 Å². The zero-order valence-electron chi connectivity index (χ0n) is 11.6. The van der Waals surface area contributed by atoms with Crippen molar-refractivity contribution in [3.05, 3.63) is 24.3 Å². The fourth-order valence-electron chi connectivity index (χ4n) is 1.86. The molecule has 1 aromatic carbocycles. The highest BCUT2D eigenvalue weighted by Gasteiger charge is 2.01. The summed E-state index contributed by atoms with van der Waals surface area (Å²) in [5.41, 5.74) is 2.16. The highest BCUT2D eigenvalue weighted by atomic mass is 32.2. The van der Waals surface area contributed by atoms with Gasteiger partial charge >= 0.3 is 0 Å². The van der Waals surface area contributed by atoms with Gasteiger partial charge < -0.3 is 15.2 Å². The maximum atomic E-state index is 4.54. The molecule has 0 unspecified atom stereocenters. The summed E-state index contributed by atoms with van der Waals surface area (Å²) in [6, 6.07) is 8.15. The summed E-state index contributed by atoms with van der Waals surface area (Å²) in [7, 11) is 4.22. The number of hydrogen-bond donors (Lipinski definition) is 2. The van der Waals surface area contributed by atoms with Crippen molar-refractivity contribution in [2.75, 3.05) is 39.5 Å². The summed E-state index contributed by atoms with van der Waals surface area (Å²) in [4.78, 5) is 10.1. The minimum atomic E-state index is 1.01. The molecule has 0 bridgehead atoms. The Bertz CT molecular complexity index is 462. The van der Waals surface area contributed by atoms with E-state index in [9.17, 15) is 0 Å². The number of aromatic amines is 1. The van der Waals surface area contributed by atoms with Crippen LogP contribution < -0.4 is 5.32 Å². The topological polar surface area (TPSA) is 44.0 Å². The van der Waals surface area contributed by atoms with Gasteiger partial charge in [-0.1, -0.05) is 23.9 Å². The summed E-state index contributed by atoms with van der Waals surface area (Å²) in [6.45, 7) is 3.25. The van der Waals surface area contributed by atoms with E-state index in [1.165, 1.54) is 6.42 Å². The summed E-state index contributed by atoms with van der Waals surface area (Å²) in [5.74, 6) is 1.04. The Kier molecular flexibility index (Phi) is 5.69. The van der Waals surface area contributed by atoms with E-state index < -0.39 is 0 Å². The van der Waals surface area contributed by atoms with Crippen molar-refractivity contribution in [2.45, 2.75) is 11.6 Å². The third kappa shape index (κ3) is 4.86. The van der Waals surface area contributed by atoms with Crippen LogP contribution in [-0.4, -0.2) is 54.4 Å². The number of nitrogens with one attached hydrogen (secondary N) is 2. The molecule has 0 fully saturated rings. The first-order chi connectivity index (χ1) is 9.25. The largest absolute Gasteiger partial charge is 0.333 e. The van der Waals surface area contributed by atoms with Crippen LogP contribution in [0.4, 0.5) is 0 Å². The smallest absolute Gasteiger partial charge is 0.166 e. The molecule has 0 spiro atoms. The Hall–Kier alpha value is -1.04. The minimum Gasteiger partial charge on any atom is -0.333 e. The van der Waals surface area contributed by atoms with Crippen molar-refractivity contribution in [2.24, 2.45) is 0 Å². The van der Waals surface area contributed by atoms with Crippen LogP contribution in [0, 0.1) is 0 Å². The van der Waals surface area contributed by atoms with Gasteiger partial charge in [0.2, 0.25) is 0 Å². The predicted octanol–water partition coefficient (Wildman–Crippen LogP) is 2.20. The molecule has 2 rings (SSSR count). The highest BCUT2D eigenvalue weighted by Crippen LogP contribution is 2.18. The number of para-hydroxylation sites is 2. The lowest BCUT2D eigenvalue weighted by Crippen LogP contribution is -2.23. The van der Waals surface area contributed by atoms with E-state index in [1.807, 2.05) is 18.2 Å². The molecule has 2 N–H and O–H groups in total. The molecule has 0 atom stereocenters. The van der Waals surface area contributed by atoms with Gasteiger partial charge in [0.1, 0.15) is 0 Å². The molecule has 4 nitrogen and oxygen atoms in total.